The third-order valence-corrected chi connectivity index (χ3v) is 2.49. The van der Waals surface area contributed by atoms with Crippen molar-refractivity contribution in [1.29, 1.82) is 0 Å². The Balaban J connectivity index is 1.82. The fourth-order valence-electron chi connectivity index (χ4n) is 1.27. The summed E-state index contributed by atoms with van der Waals surface area (Å²) in [6, 6.07) is 3.41. The average molecular weight is 214 g/mol. The fraction of sp³-hybridized carbons (Fsp3) is 0.556. The van der Waals surface area contributed by atoms with E-state index in [9.17, 15) is 5.11 Å². The summed E-state index contributed by atoms with van der Waals surface area (Å²) in [6.45, 7) is 0.529. The molecule has 0 amide bonds. The van der Waals surface area contributed by atoms with Crippen molar-refractivity contribution in [3.63, 3.8) is 0 Å². The zero-order chi connectivity index (χ0) is 9.97. The van der Waals surface area contributed by atoms with Crippen LogP contribution in [0.25, 0.3) is 0 Å². The molecule has 1 atom stereocenters. The van der Waals surface area contributed by atoms with Gasteiger partial charge in [0.05, 0.1) is 6.10 Å². The van der Waals surface area contributed by atoms with Crippen LogP contribution in [0.3, 0.4) is 0 Å². The molecule has 1 aliphatic rings. The lowest BCUT2D eigenvalue weighted by molar-refractivity contribution is 0.164. The second-order valence-corrected chi connectivity index (χ2v) is 3.91. The monoisotopic (exact) mass is 213 g/mol. The quantitative estimate of drug-likeness (QED) is 0.792. The standard InChI is InChI=1S/C9H12ClN3O/c10-8-3-4-9(13-12-8)11-5-7(14)6-1-2-6/h3-4,6-7,14H,1-2,5H2,(H,11,13). The number of anilines is 1. The number of aliphatic hydroxyl groups excluding tert-OH is 1. The summed E-state index contributed by atoms with van der Waals surface area (Å²) in [4.78, 5) is 0. The van der Waals surface area contributed by atoms with Gasteiger partial charge in [-0.25, -0.2) is 0 Å². The first-order valence-electron chi connectivity index (χ1n) is 4.67. The molecule has 2 N–H and O–H groups in total. The van der Waals surface area contributed by atoms with E-state index in [1.165, 1.54) is 0 Å². The fourth-order valence-corrected chi connectivity index (χ4v) is 1.37. The summed E-state index contributed by atoms with van der Waals surface area (Å²) in [5.41, 5.74) is 0. The maximum absolute atomic E-state index is 9.57. The minimum absolute atomic E-state index is 0.271. The Kier molecular flexibility index (Phi) is 2.84. The van der Waals surface area contributed by atoms with Gasteiger partial charge in [-0.2, -0.15) is 0 Å². The molecule has 1 fully saturated rings. The molecule has 1 aliphatic carbocycles. The van der Waals surface area contributed by atoms with E-state index in [-0.39, 0.29) is 6.10 Å². The second-order valence-electron chi connectivity index (χ2n) is 3.53. The van der Waals surface area contributed by atoms with Crippen LogP contribution in [0.15, 0.2) is 12.1 Å². The van der Waals surface area contributed by atoms with Gasteiger partial charge >= 0.3 is 0 Å². The third-order valence-electron chi connectivity index (χ3n) is 2.29. The SMILES string of the molecule is OC(CNc1ccc(Cl)nn1)C1CC1. The van der Waals surface area contributed by atoms with Crippen LogP contribution in [0.4, 0.5) is 5.82 Å². The van der Waals surface area contributed by atoms with Gasteiger partial charge in [0, 0.05) is 6.54 Å². The van der Waals surface area contributed by atoms with Crippen LogP contribution in [0.2, 0.25) is 5.15 Å². The molecule has 4 nitrogen and oxygen atoms in total. The third kappa shape index (κ3) is 2.56. The Bertz CT molecular complexity index is 299. The van der Waals surface area contributed by atoms with E-state index < -0.39 is 0 Å². The molecule has 1 saturated carbocycles. The van der Waals surface area contributed by atoms with Gasteiger partial charge < -0.3 is 10.4 Å². The molecule has 0 saturated heterocycles. The summed E-state index contributed by atoms with van der Waals surface area (Å²) >= 11 is 5.58. The van der Waals surface area contributed by atoms with Crippen LogP contribution in [0.1, 0.15) is 12.8 Å². The van der Waals surface area contributed by atoms with Gasteiger partial charge in [0.2, 0.25) is 0 Å². The lowest BCUT2D eigenvalue weighted by Gasteiger charge is -2.10. The molecule has 1 aromatic rings. The van der Waals surface area contributed by atoms with Crippen LogP contribution in [-0.2, 0) is 0 Å². The summed E-state index contributed by atoms with van der Waals surface area (Å²) in [7, 11) is 0. The predicted octanol–water partition coefficient (Wildman–Crippen LogP) is 1.31. The molecule has 76 valence electrons. The van der Waals surface area contributed by atoms with E-state index >= 15 is 0 Å². The number of aliphatic hydroxyl groups is 1. The van der Waals surface area contributed by atoms with Gasteiger partial charge in [-0.05, 0) is 30.9 Å². The highest BCUT2D eigenvalue weighted by atomic mass is 35.5. The lowest BCUT2D eigenvalue weighted by Crippen LogP contribution is -2.21. The average Bonchev–Trinajstić information content (AvgIpc) is 3.00. The number of nitrogens with zero attached hydrogens (tertiary/aromatic N) is 2. The molecule has 1 heterocycles. The highest BCUT2D eigenvalue weighted by molar-refractivity contribution is 6.29. The van der Waals surface area contributed by atoms with Crippen molar-refractivity contribution in [2.24, 2.45) is 5.92 Å². The Hall–Kier alpha value is -0.870. The van der Waals surface area contributed by atoms with Crippen molar-refractivity contribution < 1.29 is 5.11 Å². The molecular formula is C9H12ClN3O. The van der Waals surface area contributed by atoms with E-state index in [4.69, 9.17) is 11.6 Å². The molecule has 2 rings (SSSR count). The maximum Gasteiger partial charge on any atom is 0.151 e. The first-order chi connectivity index (χ1) is 6.75. The topological polar surface area (TPSA) is 58.0 Å². The van der Waals surface area contributed by atoms with Crippen molar-refractivity contribution in [3.05, 3.63) is 17.3 Å². The summed E-state index contributed by atoms with van der Waals surface area (Å²) in [5.74, 6) is 1.12. The van der Waals surface area contributed by atoms with E-state index in [0.717, 1.165) is 12.8 Å². The van der Waals surface area contributed by atoms with Crippen LogP contribution in [0.5, 0.6) is 0 Å². The molecule has 0 aromatic carbocycles. The van der Waals surface area contributed by atoms with Crippen LogP contribution in [-0.4, -0.2) is 28.0 Å². The van der Waals surface area contributed by atoms with Gasteiger partial charge in [0.25, 0.3) is 0 Å². The van der Waals surface area contributed by atoms with Crippen molar-refractivity contribution in [2.45, 2.75) is 18.9 Å². The van der Waals surface area contributed by atoms with Crippen molar-refractivity contribution in [2.75, 3.05) is 11.9 Å². The number of hydrogen-bond acceptors (Lipinski definition) is 4. The number of halogens is 1. The first-order valence-corrected chi connectivity index (χ1v) is 5.04. The van der Waals surface area contributed by atoms with Gasteiger partial charge in [0.15, 0.2) is 5.15 Å². The van der Waals surface area contributed by atoms with E-state index in [2.05, 4.69) is 15.5 Å². The van der Waals surface area contributed by atoms with Crippen LogP contribution in [0, 0.1) is 5.92 Å². The number of rotatable bonds is 4. The predicted molar refractivity (Wildman–Crippen MR) is 54.3 cm³/mol. The molecule has 5 heteroatoms. The summed E-state index contributed by atoms with van der Waals surface area (Å²) in [6.07, 6.45) is 2.00. The summed E-state index contributed by atoms with van der Waals surface area (Å²) in [5, 5.41) is 20.5. The van der Waals surface area contributed by atoms with Crippen molar-refractivity contribution in [1.82, 2.24) is 10.2 Å². The van der Waals surface area contributed by atoms with Gasteiger partial charge in [-0.15, -0.1) is 10.2 Å². The molecule has 1 unspecified atom stereocenters. The number of hydrogen-bond donors (Lipinski definition) is 2. The highest BCUT2D eigenvalue weighted by Gasteiger charge is 2.29. The Morgan fingerprint density at radius 1 is 1.50 bits per heavy atom. The minimum atomic E-state index is -0.271. The normalized spacial score (nSPS) is 17.9. The number of aromatic nitrogens is 2. The van der Waals surface area contributed by atoms with E-state index in [1.807, 2.05) is 0 Å². The molecule has 14 heavy (non-hydrogen) atoms. The second kappa shape index (κ2) is 4.11. The minimum Gasteiger partial charge on any atom is -0.391 e. The first kappa shape index (κ1) is 9.68. The molecule has 0 spiro atoms. The number of nitrogens with one attached hydrogen (secondary N) is 1. The van der Waals surface area contributed by atoms with Gasteiger partial charge in [-0.1, -0.05) is 11.6 Å². The molecular weight excluding hydrogens is 202 g/mol. The van der Waals surface area contributed by atoms with Crippen molar-refractivity contribution >= 4 is 17.4 Å². The molecule has 1 aromatic heterocycles. The molecule has 0 bridgehead atoms. The Morgan fingerprint density at radius 3 is 2.86 bits per heavy atom. The zero-order valence-corrected chi connectivity index (χ0v) is 8.41. The van der Waals surface area contributed by atoms with Gasteiger partial charge in [-0.3, -0.25) is 0 Å². The van der Waals surface area contributed by atoms with Crippen LogP contribution >= 0.6 is 11.6 Å². The summed E-state index contributed by atoms with van der Waals surface area (Å²) < 4.78 is 0. The highest BCUT2D eigenvalue weighted by Crippen LogP contribution is 2.32. The zero-order valence-electron chi connectivity index (χ0n) is 7.65. The maximum atomic E-state index is 9.57. The van der Waals surface area contributed by atoms with Gasteiger partial charge in [0.1, 0.15) is 5.82 Å². The Morgan fingerprint density at radius 2 is 2.29 bits per heavy atom. The Labute approximate surface area is 87.3 Å². The van der Waals surface area contributed by atoms with Crippen LogP contribution < -0.4 is 5.32 Å². The largest absolute Gasteiger partial charge is 0.391 e. The van der Waals surface area contributed by atoms with Crippen molar-refractivity contribution in [3.8, 4) is 0 Å². The molecule has 0 radical (unpaired) electrons. The van der Waals surface area contributed by atoms with E-state index in [0.29, 0.717) is 23.4 Å². The lowest BCUT2D eigenvalue weighted by atomic mass is 10.2. The van der Waals surface area contributed by atoms with E-state index in [1.54, 1.807) is 12.1 Å². The smallest absolute Gasteiger partial charge is 0.151 e. The molecule has 0 aliphatic heterocycles.